The zero-order valence-electron chi connectivity index (χ0n) is 12.5. The minimum absolute atomic E-state index is 0.0354. The summed E-state index contributed by atoms with van der Waals surface area (Å²) in [5, 5.41) is 8.19. The van der Waals surface area contributed by atoms with Crippen LogP contribution in [0.2, 0.25) is 0 Å². The quantitative estimate of drug-likeness (QED) is 0.861. The molecule has 1 aromatic heterocycles. The van der Waals surface area contributed by atoms with Crippen LogP contribution in [0.3, 0.4) is 0 Å². The summed E-state index contributed by atoms with van der Waals surface area (Å²) >= 11 is 1.63. The van der Waals surface area contributed by atoms with E-state index in [1.807, 2.05) is 55.6 Å². The molecule has 21 heavy (non-hydrogen) atoms. The van der Waals surface area contributed by atoms with Crippen molar-refractivity contribution in [1.29, 1.82) is 0 Å². The van der Waals surface area contributed by atoms with Gasteiger partial charge in [-0.2, -0.15) is 0 Å². The van der Waals surface area contributed by atoms with Crippen molar-refractivity contribution in [2.24, 2.45) is 0 Å². The molecule has 1 heterocycles. The van der Waals surface area contributed by atoms with Gasteiger partial charge in [-0.1, -0.05) is 6.07 Å². The summed E-state index contributed by atoms with van der Waals surface area (Å²) in [4.78, 5) is 13.4. The number of methoxy groups -OCH3 is 1. The van der Waals surface area contributed by atoms with Crippen molar-refractivity contribution in [2.45, 2.75) is 25.9 Å². The Kier molecular flexibility index (Phi) is 4.85. The Labute approximate surface area is 129 Å². The molecule has 0 aliphatic carbocycles. The second-order valence-electron chi connectivity index (χ2n) is 5.24. The average Bonchev–Trinajstić information content (AvgIpc) is 2.98. The number of ether oxygens (including phenoxy) is 1. The first-order valence-corrected chi connectivity index (χ1v) is 7.62. The number of rotatable bonds is 6. The molecule has 0 saturated carbocycles. The Morgan fingerprint density at radius 2 is 1.95 bits per heavy atom. The van der Waals surface area contributed by atoms with E-state index in [4.69, 9.17) is 4.74 Å². The van der Waals surface area contributed by atoms with Gasteiger partial charge in [0.25, 0.3) is 0 Å². The molecule has 0 radical (unpaired) electrons. The van der Waals surface area contributed by atoms with Gasteiger partial charge >= 0.3 is 0 Å². The molecule has 2 rings (SSSR count). The van der Waals surface area contributed by atoms with Crippen LogP contribution in [-0.4, -0.2) is 18.6 Å². The van der Waals surface area contributed by atoms with E-state index in [0.717, 1.165) is 16.3 Å². The number of thiophene rings is 1. The van der Waals surface area contributed by atoms with Crippen LogP contribution in [-0.2, 0) is 11.3 Å². The van der Waals surface area contributed by atoms with Crippen LogP contribution in [0, 0.1) is 0 Å². The van der Waals surface area contributed by atoms with Gasteiger partial charge < -0.3 is 15.4 Å². The summed E-state index contributed by atoms with van der Waals surface area (Å²) in [5.74, 6) is 0.757. The summed E-state index contributed by atoms with van der Waals surface area (Å²) in [6.07, 6.45) is 0. The van der Waals surface area contributed by atoms with E-state index in [1.54, 1.807) is 18.4 Å². The summed E-state index contributed by atoms with van der Waals surface area (Å²) in [5.41, 5.74) is 0.193. The van der Waals surface area contributed by atoms with Crippen LogP contribution in [0.15, 0.2) is 41.8 Å². The molecule has 2 N–H and O–H groups in total. The second kappa shape index (κ2) is 6.63. The molecule has 0 aliphatic rings. The predicted octanol–water partition coefficient (Wildman–Crippen LogP) is 3.26. The third-order valence-corrected chi connectivity index (χ3v) is 3.99. The number of carbonyl (C=O) groups is 1. The minimum atomic E-state index is -0.689. The fraction of sp³-hybridized carbons (Fsp3) is 0.312. The molecule has 0 spiro atoms. The highest BCUT2D eigenvalue weighted by Crippen LogP contribution is 2.19. The topological polar surface area (TPSA) is 50.4 Å². The molecule has 1 aromatic carbocycles. The molecule has 0 bridgehead atoms. The van der Waals surface area contributed by atoms with Crippen molar-refractivity contribution < 1.29 is 9.53 Å². The summed E-state index contributed by atoms with van der Waals surface area (Å²) in [6.45, 7) is 4.28. The normalized spacial score (nSPS) is 11.0. The Balaban J connectivity index is 1.94. The molecule has 0 saturated heterocycles. The van der Waals surface area contributed by atoms with Gasteiger partial charge in [0.15, 0.2) is 0 Å². The molecule has 0 fully saturated rings. The number of benzene rings is 1. The summed E-state index contributed by atoms with van der Waals surface area (Å²) in [7, 11) is 1.63. The predicted molar refractivity (Wildman–Crippen MR) is 86.9 cm³/mol. The zero-order chi connectivity index (χ0) is 15.3. The fourth-order valence-corrected chi connectivity index (χ4v) is 2.54. The molecule has 112 valence electrons. The first-order chi connectivity index (χ1) is 10.0. The Bertz CT molecular complexity index is 577. The van der Waals surface area contributed by atoms with Crippen LogP contribution in [0.1, 0.15) is 18.7 Å². The lowest BCUT2D eigenvalue weighted by molar-refractivity contribution is -0.124. The van der Waals surface area contributed by atoms with E-state index in [0.29, 0.717) is 6.54 Å². The second-order valence-corrected chi connectivity index (χ2v) is 6.27. The lowest BCUT2D eigenvalue weighted by atomic mass is 10.0. The fourth-order valence-electron chi connectivity index (χ4n) is 1.89. The van der Waals surface area contributed by atoms with E-state index in [9.17, 15) is 4.79 Å². The molecule has 2 aromatic rings. The van der Waals surface area contributed by atoms with Crippen molar-refractivity contribution in [2.75, 3.05) is 12.4 Å². The van der Waals surface area contributed by atoms with Crippen molar-refractivity contribution >= 4 is 22.9 Å². The Morgan fingerprint density at radius 1 is 1.24 bits per heavy atom. The molecule has 0 aliphatic heterocycles. The van der Waals surface area contributed by atoms with Gasteiger partial charge in [-0.05, 0) is 49.6 Å². The Hall–Kier alpha value is -2.01. The lowest BCUT2D eigenvalue weighted by Gasteiger charge is -2.26. The maximum atomic E-state index is 12.3. The first kappa shape index (κ1) is 15.4. The van der Waals surface area contributed by atoms with E-state index >= 15 is 0 Å². The molecule has 5 heteroatoms. The molecule has 0 atom stereocenters. The molecule has 0 unspecified atom stereocenters. The average molecular weight is 304 g/mol. The standard InChI is InChI=1S/C16H20N2O2S/c1-16(2,15(19)17-11-14-5-4-10-21-14)18-12-6-8-13(20-3)9-7-12/h4-10,18H,11H2,1-3H3,(H,17,19). The van der Waals surface area contributed by atoms with E-state index < -0.39 is 5.54 Å². The maximum Gasteiger partial charge on any atom is 0.245 e. The highest BCUT2D eigenvalue weighted by Gasteiger charge is 2.27. The zero-order valence-corrected chi connectivity index (χ0v) is 13.3. The number of nitrogens with one attached hydrogen (secondary N) is 2. The number of anilines is 1. The smallest absolute Gasteiger partial charge is 0.245 e. The van der Waals surface area contributed by atoms with Crippen LogP contribution >= 0.6 is 11.3 Å². The minimum Gasteiger partial charge on any atom is -0.497 e. The largest absolute Gasteiger partial charge is 0.497 e. The number of carbonyl (C=O) groups excluding carboxylic acids is 1. The third kappa shape index (κ3) is 4.23. The number of amides is 1. The van der Waals surface area contributed by atoms with Crippen LogP contribution in [0.5, 0.6) is 5.75 Å². The van der Waals surface area contributed by atoms with Gasteiger partial charge in [-0.3, -0.25) is 4.79 Å². The molecular weight excluding hydrogens is 284 g/mol. The van der Waals surface area contributed by atoms with Gasteiger partial charge in [0, 0.05) is 10.6 Å². The van der Waals surface area contributed by atoms with Crippen LogP contribution in [0.25, 0.3) is 0 Å². The SMILES string of the molecule is COc1ccc(NC(C)(C)C(=O)NCc2cccs2)cc1. The maximum absolute atomic E-state index is 12.3. The van der Waals surface area contributed by atoms with Crippen LogP contribution < -0.4 is 15.4 Å². The van der Waals surface area contributed by atoms with Crippen molar-refractivity contribution in [3.63, 3.8) is 0 Å². The van der Waals surface area contributed by atoms with E-state index in [1.165, 1.54) is 0 Å². The van der Waals surface area contributed by atoms with E-state index in [-0.39, 0.29) is 5.91 Å². The van der Waals surface area contributed by atoms with Gasteiger partial charge in [-0.25, -0.2) is 0 Å². The molecule has 1 amide bonds. The summed E-state index contributed by atoms with van der Waals surface area (Å²) < 4.78 is 5.12. The van der Waals surface area contributed by atoms with Gasteiger partial charge in [-0.15, -0.1) is 11.3 Å². The third-order valence-electron chi connectivity index (χ3n) is 3.12. The van der Waals surface area contributed by atoms with Crippen LogP contribution in [0.4, 0.5) is 5.69 Å². The first-order valence-electron chi connectivity index (χ1n) is 6.74. The number of hydrogen-bond donors (Lipinski definition) is 2. The van der Waals surface area contributed by atoms with Crippen molar-refractivity contribution in [3.05, 3.63) is 46.7 Å². The highest BCUT2D eigenvalue weighted by molar-refractivity contribution is 7.09. The Morgan fingerprint density at radius 3 is 2.52 bits per heavy atom. The molecular formula is C16H20N2O2S. The van der Waals surface area contributed by atoms with Gasteiger partial charge in [0.05, 0.1) is 13.7 Å². The van der Waals surface area contributed by atoms with Crippen molar-refractivity contribution in [3.8, 4) is 5.75 Å². The van der Waals surface area contributed by atoms with Gasteiger partial charge in [0.1, 0.15) is 11.3 Å². The lowest BCUT2D eigenvalue weighted by Crippen LogP contribution is -2.47. The van der Waals surface area contributed by atoms with Crippen molar-refractivity contribution in [1.82, 2.24) is 5.32 Å². The summed E-state index contributed by atoms with van der Waals surface area (Å²) in [6, 6.07) is 11.5. The van der Waals surface area contributed by atoms with Gasteiger partial charge in [0.2, 0.25) is 5.91 Å². The monoisotopic (exact) mass is 304 g/mol. The number of hydrogen-bond acceptors (Lipinski definition) is 4. The molecule has 4 nitrogen and oxygen atoms in total. The highest BCUT2D eigenvalue weighted by atomic mass is 32.1. The van der Waals surface area contributed by atoms with E-state index in [2.05, 4.69) is 10.6 Å².